The van der Waals surface area contributed by atoms with Gasteiger partial charge in [0.15, 0.2) is 0 Å². The van der Waals surface area contributed by atoms with E-state index in [0.29, 0.717) is 28.7 Å². The number of hydrogen-bond donors (Lipinski definition) is 2. The summed E-state index contributed by atoms with van der Waals surface area (Å²) in [6.07, 6.45) is 1.03. The van der Waals surface area contributed by atoms with Gasteiger partial charge in [-0.2, -0.15) is 13.2 Å². The number of carbonyl (C=O) groups excluding carboxylic acids is 2. The number of hydrogen-bond acceptors (Lipinski definition) is 4. The minimum atomic E-state index is -4.52. The molecule has 0 aliphatic heterocycles. The van der Waals surface area contributed by atoms with Gasteiger partial charge in [0.1, 0.15) is 6.54 Å². The third-order valence-electron chi connectivity index (χ3n) is 6.94. The quantitative estimate of drug-likeness (QED) is 0.264. The highest BCUT2D eigenvalue weighted by Gasteiger charge is 2.38. The summed E-state index contributed by atoms with van der Waals surface area (Å²) < 4.78 is 38.9. The molecular weight excluding hydrogens is 517 g/mol. The minimum absolute atomic E-state index is 0.144. The summed E-state index contributed by atoms with van der Waals surface area (Å²) in [5.41, 5.74) is 5.91. The van der Waals surface area contributed by atoms with Gasteiger partial charge in [0.2, 0.25) is 11.9 Å². The lowest BCUT2D eigenvalue weighted by molar-refractivity contribution is -0.138. The van der Waals surface area contributed by atoms with Gasteiger partial charge in [0.05, 0.1) is 5.92 Å². The van der Waals surface area contributed by atoms with Gasteiger partial charge in [-0.15, -0.1) is 0 Å². The molecule has 1 unspecified atom stereocenters. The van der Waals surface area contributed by atoms with Crippen LogP contribution in [-0.2, 0) is 11.2 Å². The molecule has 40 heavy (non-hydrogen) atoms. The van der Waals surface area contributed by atoms with Crippen LogP contribution in [0, 0.1) is 0 Å². The summed E-state index contributed by atoms with van der Waals surface area (Å²) in [5, 5.41) is 4.78. The van der Waals surface area contributed by atoms with E-state index in [1.807, 2.05) is 30.3 Å². The number of rotatable bonds is 8. The molecule has 0 bridgehead atoms. The fraction of sp³-hybridized carbons (Fsp3) is 0.226. The molecule has 1 heterocycles. The SMILES string of the molecule is CCCCc1c(-c2cnc(NC(=O)c3ccccc3)nc2)ccc2c1C(C(=O)NCC(F)(F)F)c1ccccc1-2. The highest BCUT2D eigenvalue weighted by atomic mass is 19.4. The van der Waals surface area contributed by atoms with Crippen LogP contribution in [0.2, 0.25) is 0 Å². The number of nitrogens with one attached hydrogen (secondary N) is 2. The van der Waals surface area contributed by atoms with Gasteiger partial charge in [-0.3, -0.25) is 14.9 Å². The molecule has 0 saturated carbocycles. The largest absolute Gasteiger partial charge is 0.405 e. The molecule has 1 aliphatic carbocycles. The van der Waals surface area contributed by atoms with Crippen LogP contribution in [0.15, 0.2) is 79.1 Å². The van der Waals surface area contributed by atoms with E-state index in [-0.39, 0.29) is 11.9 Å². The molecular formula is C31H27F3N4O2. The first kappa shape index (κ1) is 27.1. The van der Waals surface area contributed by atoms with Crippen molar-refractivity contribution in [3.8, 4) is 22.3 Å². The molecule has 4 aromatic rings. The van der Waals surface area contributed by atoms with Crippen LogP contribution >= 0.6 is 0 Å². The third-order valence-corrected chi connectivity index (χ3v) is 6.94. The number of anilines is 1. The molecule has 1 aliphatic rings. The van der Waals surface area contributed by atoms with E-state index in [9.17, 15) is 22.8 Å². The number of carbonyl (C=O) groups is 2. The van der Waals surface area contributed by atoms with E-state index < -0.39 is 24.5 Å². The van der Waals surface area contributed by atoms with E-state index in [1.165, 1.54) is 0 Å². The molecule has 1 aromatic heterocycles. The number of alkyl halides is 3. The van der Waals surface area contributed by atoms with Gasteiger partial charge in [-0.25, -0.2) is 9.97 Å². The van der Waals surface area contributed by atoms with E-state index >= 15 is 0 Å². The summed E-state index contributed by atoms with van der Waals surface area (Å²) in [6.45, 7) is 0.659. The van der Waals surface area contributed by atoms with Crippen LogP contribution in [0.1, 0.15) is 52.7 Å². The van der Waals surface area contributed by atoms with Gasteiger partial charge in [0, 0.05) is 23.5 Å². The van der Waals surface area contributed by atoms with Crippen LogP contribution < -0.4 is 10.6 Å². The third kappa shape index (κ3) is 5.59. The first-order valence-electron chi connectivity index (χ1n) is 13.0. The van der Waals surface area contributed by atoms with Crippen molar-refractivity contribution < 1.29 is 22.8 Å². The molecule has 6 nitrogen and oxygen atoms in total. The van der Waals surface area contributed by atoms with Crippen molar-refractivity contribution in [2.75, 3.05) is 11.9 Å². The highest BCUT2D eigenvalue weighted by molar-refractivity contribution is 6.03. The summed E-state index contributed by atoms with van der Waals surface area (Å²) >= 11 is 0. The van der Waals surface area contributed by atoms with Gasteiger partial charge in [-0.1, -0.05) is 67.9 Å². The summed E-state index contributed by atoms with van der Waals surface area (Å²) in [5.74, 6) is -1.75. The molecule has 0 fully saturated rings. The molecule has 3 aromatic carbocycles. The zero-order chi connectivity index (χ0) is 28.3. The van der Waals surface area contributed by atoms with E-state index in [1.54, 1.807) is 48.8 Å². The Morgan fingerprint density at radius 1 is 0.875 bits per heavy atom. The van der Waals surface area contributed by atoms with Crippen LogP contribution in [-0.4, -0.2) is 34.5 Å². The average Bonchev–Trinajstić information content (AvgIpc) is 3.30. The van der Waals surface area contributed by atoms with Gasteiger partial charge < -0.3 is 5.32 Å². The van der Waals surface area contributed by atoms with Crippen LogP contribution in [0.25, 0.3) is 22.3 Å². The number of amides is 2. The van der Waals surface area contributed by atoms with Crippen molar-refractivity contribution in [3.63, 3.8) is 0 Å². The Labute approximate surface area is 229 Å². The first-order chi connectivity index (χ1) is 19.3. The maximum absolute atomic E-state index is 13.3. The zero-order valence-electron chi connectivity index (χ0n) is 21.8. The molecule has 204 valence electrons. The standard InChI is InChI=1S/C31H27F3N4O2/c1-2-3-11-23-21(20-16-35-30(36-17-20)38-28(39)19-9-5-4-6-10-19)14-15-25-22-12-7-8-13-24(22)27(26(23)25)29(40)37-18-31(32,33)34/h4-10,12-17,27H,2-3,11,18H2,1H3,(H,37,40)(H,35,36,38,39). The monoisotopic (exact) mass is 544 g/mol. The number of unbranched alkanes of at least 4 members (excludes halogenated alkanes) is 1. The number of aromatic nitrogens is 2. The average molecular weight is 545 g/mol. The molecule has 2 N–H and O–H groups in total. The van der Waals surface area contributed by atoms with Crippen molar-refractivity contribution in [3.05, 3.63) is 101 Å². The molecule has 2 amide bonds. The van der Waals surface area contributed by atoms with Crippen molar-refractivity contribution in [2.24, 2.45) is 0 Å². The number of halogens is 3. The first-order valence-corrected chi connectivity index (χ1v) is 13.0. The Bertz CT molecular complexity index is 1540. The fourth-order valence-corrected chi connectivity index (χ4v) is 5.13. The second kappa shape index (κ2) is 11.3. The number of nitrogens with zero attached hydrogens (tertiary/aromatic N) is 2. The zero-order valence-corrected chi connectivity index (χ0v) is 21.8. The van der Waals surface area contributed by atoms with Gasteiger partial charge in [-0.05, 0) is 58.4 Å². The van der Waals surface area contributed by atoms with Crippen LogP contribution in [0.4, 0.5) is 19.1 Å². The number of benzene rings is 3. The minimum Gasteiger partial charge on any atom is -0.346 e. The van der Waals surface area contributed by atoms with E-state index in [0.717, 1.165) is 35.1 Å². The fourth-order valence-electron chi connectivity index (χ4n) is 5.13. The predicted octanol–water partition coefficient (Wildman–Crippen LogP) is 6.53. The Hall–Kier alpha value is -4.53. The lowest BCUT2D eigenvalue weighted by atomic mass is 9.85. The second-order valence-electron chi connectivity index (χ2n) is 9.63. The van der Waals surface area contributed by atoms with Crippen molar-refractivity contribution in [1.82, 2.24) is 15.3 Å². The number of fused-ring (bicyclic) bond motifs is 3. The Morgan fingerprint density at radius 3 is 2.25 bits per heavy atom. The second-order valence-corrected chi connectivity index (χ2v) is 9.63. The molecule has 0 saturated heterocycles. The summed E-state index contributed by atoms with van der Waals surface area (Å²) in [7, 11) is 0. The van der Waals surface area contributed by atoms with Crippen molar-refractivity contribution in [1.29, 1.82) is 0 Å². The maximum atomic E-state index is 13.3. The maximum Gasteiger partial charge on any atom is 0.405 e. The highest BCUT2D eigenvalue weighted by Crippen LogP contribution is 2.49. The normalized spacial score (nSPS) is 13.8. The van der Waals surface area contributed by atoms with E-state index in [4.69, 9.17) is 0 Å². The molecule has 1 atom stereocenters. The molecule has 0 spiro atoms. The predicted molar refractivity (Wildman–Crippen MR) is 147 cm³/mol. The van der Waals surface area contributed by atoms with E-state index in [2.05, 4.69) is 27.5 Å². The summed E-state index contributed by atoms with van der Waals surface area (Å²) in [4.78, 5) is 34.4. The summed E-state index contributed by atoms with van der Waals surface area (Å²) in [6, 6.07) is 19.9. The Kier molecular flexibility index (Phi) is 7.64. The lowest BCUT2D eigenvalue weighted by Gasteiger charge is -2.20. The van der Waals surface area contributed by atoms with Gasteiger partial charge in [0.25, 0.3) is 5.91 Å². The topological polar surface area (TPSA) is 84.0 Å². The Balaban J connectivity index is 1.53. The lowest BCUT2D eigenvalue weighted by Crippen LogP contribution is -2.37. The molecule has 0 radical (unpaired) electrons. The van der Waals surface area contributed by atoms with Crippen molar-refractivity contribution >= 4 is 17.8 Å². The van der Waals surface area contributed by atoms with Crippen LogP contribution in [0.5, 0.6) is 0 Å². The Morgan fingerprint density at radius 2 is 1.55 bits per heavy atom. The molecule has 5 rings (SSSR count). The van der Waals surface area contributed by atoms with Crippen molar-refractivity contribution in [2.45, 2.75) is 38.3 Å². The smallest absolute Gasteiger partial charge is 0.346 e. The van der Waals surface area contributed by atoms with Crippen LogP contribution in [0.3, 0.4) is 0 Å². The molecule has 9 heteroatoms. The van der Waals surface area contributed by atoms with Gasteiger partial charge >= 0.3 is 6.18 Å².